The quantitative estimate of drug-likeness (QED) is 0.298. The summed E-state index contributed by atoms with van der Waals surface area (Å²) in [6.07, 6.45) is 3.22. The van der Waals surface area contributed by atoms with Gasteiger partial charge in [0.25, 0.3) is 0 Å². The first kappa shape index (κ1) is 35.9. The van der Waals surface area contributed by atoms with Gasteiger partial charge in [0, 0.05) is 32.1 Å². The number of hydrogen-bond acceptors (Lipinski definition) is 7. The molecule has 6 atom stereocenters. The first-order chi connectivity index (χ1) is 22.3. The van der Waals surface area contributed by atoms with E-state index in [1.54, 1.807) is 31.7 Å². The van der Waals surface area contributed by atoms with Crippen molar-refractivity contribution in [2.45, 2.75) is 110 Å². The normalized spacial score (nSPS) is 30.8. The van der Waals surface area contributed by atoms with Crippen molar-refractivity contribution in [3.63, 3.8) is 0 Å². The number of aryl methyl sites for hydroxylation is 1. The zero-order valence-electron chi connectivity index (χ0n) is 29.0. The maximum Gasteiger partial charge on any atom is 0.410 e. The van der Waals surface area contributed by atoms with Gasteiger partial charge in [0.15, 0.2) is 0 Å². The molecule has 1 aromatic carbocycles. The molecule has 4 amide bonds. The van der Waals surface area contributed by atoms with Crippen molar-refractivity contribution < 1.29 is 38.1 Å². The van der Waals surface area contributed by atoms with E-state index in [0.717, 1.165) is 36.8 Å². The summed E-state index contributed by atoms with van der Waals surface area (Å²) < 4.78 is 24.5. The highest BCUT2D eigenvalue weighted by Crippen LogP contribution is 2.67. The monoisotopic (exact) mass is 686 g/mol. The minimum absolute atomic E-state index is 0.0148. The third kappa shape index (κ3) is 7.44. The van der Waals surface area contributed by atoms with Gasteiger partial charge >= 0.3 is 12.2 Å². The molecular weight excluding hydrogens is 635 g/mol. The SMILES string of the molecule is C=C[C@@H]1C[C@]1(NC(=O)[C@@H]1C[C@@H]2CN1C(=O)[C@H](C(C)(C)C)NC(=O)OCC(C)(C)CCCCc1cccc3c1CN(C3)C(=O)O2)P(C)(=O)O. The Hall–Kier alpha value is -3.37. The Morgan fingerprint density at radius 1 is 1.17 bits per heavy atom. The lowest BCUT2D eigenvalue weighted by Crippen LogP contribution is -2.58. The average molecular weight is 687 g/mol. The van der Waals surface area contributed by atoms with E-state index in [4.69, 9.17) is 9.47 Å². The van der Waals surface area contributed by atoms with Crippen LogP contribution in [-0.2, 0) is 43.1 Å². The van der Waals surface area contributed by atoms with Crippen molar-refractivity contribution in [1.82, 2.24) is 20.4 Å². The largest absolute Gasteiger partial charge is 0.449 e. The molecule has 0 radical (unpaired) electrons. The topological polar surface area (TPSA) is 155 Å². The fourth-order valence-corrected chi connectivity index (χ4v) is 8.82. The maximum atomic E-state index is 14.3. The molecule has 1 saturated heterocycles. The van der Waals surface area contributed by atoms with E-state index in [0.29, 0.717) is 13.1 Å². The average Bonchev–Trinajstić information content (AvgIpc) is 3.31. The fraction of sp³-hybridized carbons (Fsp3) is 0.657. The number of fused-ring (bicyclic) bond motifs is 3. The third-order valence-corrected chi connectivity index (χ3v) is 12.4. The molecule has 1 aromatic rings. The zero-order valence-corrected chi connectivity index (χ0v) is 29.9. The van der Waals surface area contributed by atoms with Gasteiger partial charge in [0.2, 0.25) is 19.2 Å². The second-order valence-corrected chi connectivity index (χ2v) is 18.4. The van der Waals surface area contributed by atoms with Crippen LogP contribution in [0.15, 0.2) is 30.9 Å². The molecule has 13 heteroatoms. The van der Waals surface area contributed by atoms with E-state index < -0.39 is 66.2 Å². The molecule has 3 N–H and O–H groups in total. The molecule has 1 aliphatic carbocycles. The Bertz CT molecular complexity index is 1520. The highest BCUT2D eigenvalue weighted by Gasteiger charge is 2.64. The summed E-state index contributed by atoms with van der Waals surface area (Å²) >= 11 is 0. The standard InChI is InChI=1S/C35H51N4O8P/c1-8-24-17-35(24,48(7,44)45)37-29(40)27-16-25-19-39(27)30(41)28(33(2,3)4)36-31(42)46-21-34(5,6)15-10-9-12-22-13-11-14-23-18-38(20-26(22)23)32(43)47-25/h8,11,13-14,24-25,27-28H,1,9-10,12,15-21H2,2-7H3,(H,36,42)(H,37,40)(H,44,45)/t24-,25-,27+,28-,35+/m1/s1. The number of ether oxygens (including phenoxy) is 2. The number of nitrogens with one attached hydrogen (secondary N) is 2. The molecule has 0 aromatic heterocycles. The minimum atomic E-state index is -3.81. The number of carbonyl (C=O) groups is 4. The van der Waals surface area contributed by atoms with E-state index in [-0.39, 0.29) is 31.4 Å². The Morgan fingerprint density at radius 2 is 1.88 bits per heavy atom. The van der Waals surface area contributed by atoms with Crippen LogP contribution in [0.1, 0.15) is 83.4 Å². The van der Waals surface area contributed by atoms with E-state index in [1.807, 2.05) is 26.0 Å². The van der Waals surface area contributed by atoms with Crippen LogP contribution in [0.2, 0.25) is 0 Å². The number of alkyl carbamates (subject to hydrolysis) is 1. The Kier molecular flexibility index (Phi) is 9.85. The van der Waals surface area contributed by atoms with Crippen molar-refractivity contribution >= 4 is 31.4 Å². The summed E-state index contributed by atoms with van der Waals surface area (Å²) in [6.45, 7) is 15.3. The van der Waals surface area contributed by atoms with Crippen LogP contribution in [0.4, 0.5) is 9.59 Å². The predicted octanol–water partition coefficient (Wildman–Crippen LogP) is 4.92. The van der Waals surface area contributed by atoms with Gasteiger partial charge in [-0.05, 0) is 53.2 Å². The van der Waals surface area contributed by atoms with Gasteiger partial charge in [0.1, 0.15) is 23.5 Å². The number of rotatable bonds is 4. The van der Waals surface area contributed by atoms with Crippen LogP contribution >= 0.6 is 7.37 Å². The number of nitrogens with zero attached hydrogens (tertiary/aromatic N) is 2. The van der Waals surface area contributed by atoms with Gasteiger partial charge in [-0.1, -0.05) is 65.3 Å². The van der Waals surface area contributed by atoms with Gasteiger partial charge in [-0.2, -0.15) is 0 Å². The summed E-state index contributed by atoms with van der Waals surface area (Å²) in [5, 5.41) is 4.15. The van der Waals surface area contributed by atoms with Crippen LogP contribution in [0.25, 0.3) is 0 Å². The van der Waals surface area contributed by atoms with Crippen LogP contribution in [-0.4, -0.2) is 82.0 Å². The smallest absolute Gasteiger partial charge is 0.410 e. The molecule has 4 bridgehead atoms. The maximum absolute atomic E-state index is 14.3. The Labute approximate surface area is 283 Å². The van der Waals surface area contributed by atoms with Crippen LogP contribution in [0.5, 0.6) is 0 Å². The fourth-order valence-electron chi connectivity index (χ4n) is 7.25. The molecular formula is C35H51N4O8P. The molecule has 12 nitrogen and oxygen atoms in total. The molecule has 4 aliphatic rings. The summed E-state index contributed by atoms with van der Waals surface area (Å²) in [5.41, 5.74) is 2.31. The molecule has 3 aliphatic heterocycles. The number of carbonyl (C=O) groups excluding carboxylic acids is 4. The Morgan fingerprint density at radius 3 is 2.52 bits per heavy atom. The molecule has 1 unspecified atom stereocenters. The van der Waals surface area contributed by atoms with Gasteiger partial charge in [-0.3, -0.25) is 19.1 Å². The lowest BCUT2D eigenvalue weighted by atomic mass is 9.85. The number of cyclic esters (lactones) is 1. The zero-order chi connectivity index (χ0) is 35.2. The summed E-state index contributed by atoms with van der Waals surface area (Å²) in [7, 11) is -3.81. The number of hydrogen-bond donors (Lipinski definition) is 3. The van der Waals surface area contributed by atoms with Gasteiger partial charge < -0.3 is 29.9 Å². The lowest BCUT2D eigenvalue weighted by Gasteiger charge is -2.35. The highest BCUT2D eigenvalue weighted by molar-refractivity contribution is 7.59. The second-order valence-electron chi connectivity index (χ2n) is 15.9. The van der Waals surface area contributed by atoms with Gasteiger partial charge in [-0.25, -0.2) is 9.59 Å². The highest BCUT2D eigenvalue weighted by atomic mass is 31.2. The molecule has 48 heavy (non-hydrogen) atoms. The molecule has 264 valence electrons. The van der Waals surface area contributed by atoms with E-state index in [9.17, 15) is 28.6 Å². The first-order valence-corrected chi connectivity index (χ1v) is 19.0. The van der Waals surface area contributed by atoms with Crippen LogP contribution in [0.3, 0.4) is 0 Å². The van der Waals surface area contributed by atoms with E-state index in [1.165, 1.54) is 17.1 Å². The molecule has 0 spiro atoms. The van der Waals surface area contributed by atoms with Crippen molar-refractivity contribution in [3.05, 3.63) is 47.5 Å². The first-order valence-electron chi connectivity index (χ1n) is 16.9. The molecule has 1 saturated carbocycles. The molecule has 5 rings (SSSR count). The summed E-state index contributed by atoms with van der Waals surface area (Å²) in [5.74, 6) is -1.57. The van der Waals surface area contributed by atoms with Gasteiger partial charge in [0.05, 0.1) is 13.2 Å². The summed E-state index contributed by atoms with van der Waals surface area (Å²) in [6, 6.07) is 3.92. The van der Waals surface area contributed by atoms with Crippen molar-refractivity contribution in [2.24, 2.45) is 16.7 Å². The Balaban J connectivity index is 1.45. The number of benzene rings is 1. The third-order valence-electron chi connectivity index (χ3n) is 10.3. The van der Waals surface area contributed by atoms with Crippen LogP contribution < -0.4 is 10.6 Å². The van der Waals surface area contributed by atoms with E-state index >= 15 is 0 Å². The van der Waals surface area contributed by atoms with Gasteiger partial charge in [-0.15, -0.1) is 6.58 Å². The van der Waals surface area contributed by atoms with E-state index in [2.05, 4.69) is 23.3 Å². The predicted molar refractivity (Wildman–Crippen MR) is 180 cm³/mol. The number of amides is 4. The van der Waals surface area contributed by atoms with Crippen molar-refractivity contribution in [2.75, 3.05) is 19.8 Å². The minimum Gasteiger partial charge on any atom is -0.449 e. The van der Waals surface area contributed by atoms with Crippen molar-refractivity contribution in [3.8, 4) is 0 Å². The molecule has 3 heterocycles. The summed E-state index contributed by atoms with van der Waals surface area (Å²) in [4.78, 5) is 68.5. The molecule has 2 fully saturated rings. The van der Waals surface area contributed by atoms with Crippen molar-refractivity contribution in [1.29, 1.82) is 0 Å². The second kappa shape index (κ2) is 13.2. The van der Waals surface area contributed by atoms with Crippen LogP contribution in [0, 0.1) is 16.7 Å². The lowest BCUT2D eigenvalue weighted by molar-refractivity contribution is -0.142.